The van der Waals surface area contributed by atoms with E-state index in [-0.39, 0.29) is 18.8 Å². The van der Waals surface area contributed by atoms with E-state index < -0.39 is 0 Å². The number of nitrogens with zero attached hydrogens (tertiary/aromatic N) is 1. The van der Waals surface area contributed by atoms with Crippen LogP contribution >= 0.6 is 0 Å². The van der Waals surface area contributed by atoms with Gasteiger partial charge in [-0.15, -0.1) is 0 Å². The number of hydrogen-bond acceptors (Lipinski definition) is 4. The number of fused-ring (bicyclic) bond motifs is 2. The van der Waals surface area contributed by atoms with E-state index in [1.54, 1.807) is 7.11 Å². The van der Waals surface area contributed by atoms with Gasteiger partial charge in [0.15, 0.2) is 11.5 Å². The monoisotopic (exact) mass is 337 g/mol. The van der Waals surface area contributed by atoms with Crippen LogP contribution in [0.4, 0.5) is 0 Å². The molecule has 3 atom stereocenters. The van der Waals surface area contributed by atoms with Crippen molar-refractivity contribution in [1.29, 1.82) is 5.26 Å². The van der Waals surface area contributed by atoms with E-state index in [4.69, 9.17) is 14.2 Å². The Hall–Kier alpha value is -2.71. The first-order valence-electron chi connectivity index (χ1n) is 8.50. The fourth-order valence-corrected chi connectivity index (χ4v) is 4.01. The van der Waals surface area contributed by atoms with Gasteiger partial charge in [-0.1, -0.05) is 30.3 Å². The minimum absolute atomic E-state index is 0.0133. The number of hydrogen-bond donors (Lipinski definition) is 1. The largest absolute Gasteiger partial charge is 0.492 e. The van der Waals surface area contributed by atoms with Crippen molar-refractivity contribution in [3.8, 4) is 23.3 Å². The molecule has 2 aliphatic rings. The molecule has 2 aliphatic heterocycles. The Labute approximate surface area is 147 Å². The summed E-state index contributed by atoms with van der Waals surface area (Å²) in [6.45, 7) is 1.17. The van der Waals surface area contributed by atoms with Crippen molar-refractivity contribution in [2.75, 3.05) is 27.5 Å². The predicted molar refractivity (Wildman–Crippen MR) is 92.1 cm³/mol. The first kappa shape index (κ1) is 15.8. The summed E-state index contributed by atoms with van der Waals surface area (Å²) in [6.07, 6.45) is 0.928. The summed E-state index contributed by atoms with van der Waals surface area (Å²) in [5, 5.41) is 9.97. The van der Waals surface area contributed by atoms with Crippen molar-refractivity contribution < 1.29 is 19.1 Å². The van der Waals surface area contributed by atoms with Gasteiger partial charge in [0.25, 0.3) is 0 Å². The first-order chi connectivity index (χ1) is 12.2. The molecule has 0 saturated heterocycles. The first-order valence-corrected chi connectivity index (χ1v) is 8.50. The van der Waals surface area contributed by atoms with Crippen molar-refractivity contribution in [2.24, 2.45) is 0 Å². The van der Waals surface area contributed by atoms with Crippen molar-refractivity contribution in [3.05, 3.63) is 53.1 Å². The number of rotatable bonds is 3. The molecular weight excluding hydrogens is 316 g/mol. The summed E-state index contributed by atoms with van der Waals surface area (Å²) >= 11 is 0. The van der Waals surface area contributed by atoms with E-state index in [1.165, 1.54) is 10.5 Å². The van der Waals surface area contributed by atoms with E-state index in [2.05, 4.69) is 19.2 Å². The summed E-state index contributed by atoms with van der Waals surface area (Å²) in [4.78, 5) is 1.31. The SMILES string of the molecule is COc1c2c(cc3c1[C@@H]([C@@H](C#N)c1ccccc1)[NH+](C)CC3)OCO2. The Morgan fingerprint density at radius 1 is 1.28 bits per heavy atom. The molecule has 5 nitrogen and oxygen atoms in total. The van der Waals surface area contributed by atoms with Crippen LogP contribution in [-0.2, 0) is 6.42 Å². The molecule has 0 saturated carbocycles. The average molecular weight is 337 g/mol. The fourth-order valence-electron chi connectivity index (χ4n) is 4.01. The maximum atomic E-state index is 9.97. The number of methoxy groups -OCH3 is 1. The van der Waals surface area contributed by atoms with E-state index in [9.17, 15) is 5.26 Å². The van der Waals surface area contributed by atoms with Crippen LogP contribution in [0.1, 0.15) is 28.7 Å². The minimum Gasteiger partial charge on any atom is -0.492 e. The Bertz CT molecular complexity index is 829. The van der Waals surface area contributed by atoms with Gasteiger partial charge in [-0.05, 0) is 17.2 Å². The van der Waals surface area contributed by atoms with Crippen molar-refractivity contribution in [3.63, 3.8) is 0 Å². The summed E-state index contributed by atoms with van der Waals surface area (Å²) in [6, 6.07) is 14.6. The fraction of sp³-hybridized carbons (Fsp3) is 0.350. The molecule has 2 aromatic carbocycles. The third-order valence-corrected chi connectivity index (χ3v) is 5.21. The van der Waals surface area contributed by atoms with Crippen molar-refractivity contribution >= 4 is 0 Å². The molecule has 1 N–H and O–H groups in total. The van der Waals surface area contributed by atoms with Gasteiger partial charge in [0.2, 0.25) is 12.5 Å². The summed E-state index contributed by atoms with van der Waals surface area (Å²) in [5.41, 5.74) is 3.29. The number of likely N-dealkylation sites (N-methyl/N-ethyl adjacent to an activating group) is 1. The van der Waals surface area contributed by atoms with Crippen LogP contribution in [0.25, 0.3) is 0 Å². The molecule has 4 rings (SSSR count). The molecule has 5 heteroatoms. The van der Waals surface area contributed by atoms with E-state index in [0.29, 0.717) is 11.5 Å². The van der Waals surface area contributed by atoms with Gasteiger partial charge in [0, 0.05) is 6.42 Å². The van der Waals surface area contributed by atoms with Crippen molar-refractivity contribution in [1.82, 2.24) is 0 Å². The molecule has 0 aromatic heterocycles. The van der Waals surface area contributed by atoms with Crippen LogP contribution < -0.4 is 19.1 Å². The molecule has 1 unspecified atom stereocenters. The van der Waals surface area contributed by atoms with E-state index in [0.717, 1.165) is 29.8 Å². The van der Waals surface area contributed by atoms with Gasteiger partial charge in [-0.25, -0.2) is 0 Å². The Kier molecular flexibility index (Phi) is 3.98. The summed E-state index contributed by atoms with van der Waals surface area (Å²) in [7, 11) is 3.80. The molecule has 0 bridgehead atoms. The highest BCUT2D eigenvalue weighted by Crippen LogP contribution is 2.49. The number of benzene rings is 2. The predicted octanol–water partition coefficient (Wildman–Crippen LogP) is 1.84. The molecular formula is C20H21N2O3+. The molecule has 128 valence electrons. The Balaban J connectivity index is 1.89. The Morgan fingerprint density at radius 2 is 2.08 bits per heavy atom. The molecule has 0 radical (unpaired) electrons. The third kappa shape index (κ3) is 2.50. The van der Waals surface area contributed by atoms with E-state index in [1.807, 2.05) is 30.3 Å². The quantitative estimate of drug-likeness (QED) is 0.929. The molecule has 2 aromatic rings. The smallest absolute Gasteiger partial charge is 0.231 e. The number of nitrogens with one attached hydrogen (secondary N) is 1. The molecule has 2 heterocycles. The lowest BCUT2D eigenvalue weighted by atomic mass is 9.81. The van der Waals surface area contributed by atoms with Gasteiger partial charge < -0.3 is 19.1 Å². The van der Waals surface area contributed by atoms with Gasteiger partial charge in [0.1, 0.15) is 12.0 Å². The van der Waals surface area contributed by atoms with Crippen LogP contribution in [-0.4, -0.2) is 27.5 Å². The van der Waals surface area contributed by atoms with Gasteiger partial charge >= 0.3 is 0 Å². The third-order valence-electron chi connectivity index (χ3n) is 5.21. The number of ether oxygens (including phenoxy) is 3. The second kappa shape index (κ2) is 6.30. The molecule has 25 heavy (non-hydrogen) atoms. The highest BCUT2D eigenvalue weighted by atomic mass is 16.7. The van der Waals surface area contributed by atoms with Crippen LogP contribution in [0, 0.1) is 11.3 Å². The maximum absolute atomic E-state index is 9.97. The van der Waals surface area contributed by atoms with Gasteiger partial charge in [0.05, 0.1) is 32.3 Å². The Morgan fingerprint density at radius 3 is 2.80 bits per heavy atom. The lowest BCUT2D eigenvalue weighted by Crippen LogP contribution is -3.11. The zero-order valence-corrected chi connectivity index (χ0v) is 14.4. The second-order valence-electron chi connectivity index (χ2n) is 6.56. The molecule has 0 spiro atoms. The standard InChI is InChI=1S/C20H20N2O3/c1-22-9-8-14-10-16-19(25-12-24-16)20(23-2)17(14)18(22)15(11-21)13-6-4-3-5-7-13/h3-7,10,15,18H,8-9,12H2,1-2H3/p+1/t15-,18+/m0/s1. The van der Waals surface area contributed by atoms with Crippen LogP contribution in [0.15, 0.2) is 36.4 Å². The number of nitriles is 1. The lowest BCUT2D eigenvalue weighted by molar-refractivity contribution is -0.915. The zero-order chi connectivity index (χ0) is 17.4. The summed E-state index contributed by atoms with van der Waals surface area (Å²) < 4.78 is 17.0. The van der Waals surface area contributed by atoms with Crippen LogP contribution in [0.5, 0.6) is 17.2 Å². The average Bonchev–Trinajstić information content (AvgIpc) is 3.11. The summed E-state index contributed by atoms with van der Waals surface area (Å²) in [5.74, 6) is 1.85. The normalized spacial score (nSPS) is 22.0. The topological polar surface area (TPSA) is 55.9 Å². The van der Waals surface area contributed by atoms with Gasteiger partial charge in [-0.3, -0.25) is 0 Å². The van der Waals surface area contributed by atoms with Crippen LogP contribution in [0.2, 0.25) is 0 Å². The second-order valence-corrected chi connectivity index (χ2v) is 6.56. The maximum Gasteiger partial charge on any atom is 0.231 e. The highest BCUT2D eigenvalue weighted by Gasteiger charge is 2.41. The van der Waals surface area contributed by atoms with Gasteiger partial charge in [-0.2, -0.15) is 5.26 Å². The van der Waals surface area contributed by atoms with Crippen molar-refractivity contribution in [2.45, 2.75) is 18.4 Å². The zero-order valence-electron chi connectivity index (χ0n) is 14.4. The molecule has 0 amide bonds. The highest BCUT2D eigenvalue weighted by molar-refractivity contribution is 5.62. The lowest BCUT2D eigenvalue weighted by Gasteiger charge is -2.35. The minimum atomic E-state index is -0.255. The molecule has 0 aliphatic carbocycles. The van der Waals surface area contributed by atoms with E-state index >= 15 is 0 Å². The number of quaternary nitrogens is 1. The molecule has 0 fully saturated rings. The van der Waals surface area contributed by atoms with Crippen LogP contribution in [0.3, 0.4) is 0 Å².